The summed E-state index contributed by atoms with van der Waals surface area (Å²) in [5, 5.41) is 14.2. The highest BCUT2D eigenvalue weighted by molar-refractivity contribution is 5.78. The Morgan fingerprint density at radius 1 is 1.62 bits per heavy atom. The second-order valence-electron chi connectivity index (χ2n) is 4.33. The third-order valence-electron chi connectivity index (χ3n) is 2.67. The first-order valence-corrected chi connectivity index (χ1v) is 5.63. The molecule has 90 valence electrons. The minimum Gasteiger partial charge on any atom is -0.380 e. The summed E-state index contributed by atoms with van der Waals surface area (Å²) in [6, 6.07) is 1.98. The van der Waals surface area contributed by atoms with Gasteiger partial charge in [-0.3, -0.25) is 4.79 Å². The molecule has 1 unspecified atom stereocenters. The minimum absolute atomic E-state index is 0.0675. The number of rotatable bonds is 5. The first kappa shape index (κ1) is 12.9. The van der Waals surface area contributed by atoms with Gasteiger partial charge >= 0.3 is 0 Å². The van der Waals surface area contributed by atoms with Gasteiger partial charge in [0.2, 0.25) is 5.91 Å². The maximum atomic E-state index is 11.4. The van der Waals surface area contributed by atoms with Gasteiger partial charge in [0.25, 0.3) is 0 Å². The van der Waals surface area contributed by atoms with Gasteiger partial charge in [0, 0.05) is 18.7 Å². The predicted molar refractivity (Wildman–Crippen MR) is 59.7 cm³/mol. The molecule has 0 radical (unpaired) electrons. The van der Waals surface area contributed by atoms with Crippen LogP contribution in [0, 0.1) is 11.3 Å². The molecular weight excluding hydrogens is 206 g/mol. The van der Waals surface area contributed by atoms with Gasteiger partial charge in [-0.25, -0.2) is 0 Å². The molecule has 5 heteroatoms. The van der Waals surface area contributed by atoms with E-state index >= 15 is 0 Å². The Morgan fingerprint density at radius 3 is 3.06 bits per heavy atom. The normalized spacial score (nSPS) is 24.8. The molecule has 1 aliphatic heterocycles. The van der Waals surface area contributed by atoms with Crippen molar-refractivity contribution in [2.75, 3.05) is 26.3 Å². The molecule has 1 saturated heterocycles. The molecule has 1 heterocycles. The van der Waals surface area contributed by atoms with Crippen LogP contribution in [-0.4, -0.2) is 37.7 Å². The molecule has 16 heavy (non-hydrogen) atoms. The van der Waals surface area contributed by atoms with E-state index in [2.05, 4.69) is 17.6 Å². The molecule has 5 nitrogen and oxygen atoms in total. The summed E-state index contributed by atoms with van der Waals surface area (Å²) in [4.78, 5) is 11.4. The van der Waals surface area contributed by atoms with Gasteiger partial charge in [-0.05, 0) is 19.8 Å². The molecule has 0 aromatic carbocycles. The van der Waals surface area contributed by atoms with Crippen LogP contribution in [0.2, 0.25) is 0 Å². The quantitative estimate of drug-likeness (QED) is 0.654. The van der Waals surface area contributed by atoms with Gasteiger partial charge in [0.05, 0.1) is 25.6 Å². The van der Waals surface area contributed by atoms with E-state index in [0.29, 0.717) is 19.6 Å². The third-order valence-corrected chi connectivity index (χ3v) is 2.67. The summed E-state index contributed by atoms with van der Waals surface area (Å²) in [6.07, 6.45) is 2.41. The summed E-state index contributed by atoms with van der Waals surface area (Å²) >= 11 is 0. The number of nitriles is 1. The molecule has 0 saturated carbocycles. The Balaban J connectivity index is 2.17. The number of ether oxygens (including phenoxy) is 1. The van der Waals surface area contributed by atoms with Crippen LogP contribution in [-0.2, 0) is 9.53 Å². The highest BCUT2D eigenvalue weighted by Gasteiger charge is 2.27. The van der Waals surface area contributed by atoms with Gasteiger partial charge in [-0.15, -0.1) is 0 Å². The molecule has 1 amide bonds. The number of hydrogen-bond donors (Lipinski definition) is 2. The summed E-state index contributed by atoms with van der Waals surface area (Å²) in [6.45, 7) is 4.23. The van der Waals surface area contributed by atoms with Crippen molar-refractivity contribution >= 4 is 5.91 Å². The second-order valence-corrected chi connectivity index (χ2v) is 4.33. The number of hydrogen-bond acceptors (Lipinski definition) is 4. The van der Waals surface area contributed by atoms with Crippen molar-refractivity contribution in [2.45, 2.75) is 31.7 Å². The van der Waals surface area contributed by atoms with E-state index in [4.69, 9.17) is 10.00 Å². The van der Waals surface area contributed by atoms with Crippen molar-refractivity contribution in [3.8, 4) is 6.07 Å². The lowest BCUT2D eigenvalue weighted by molar-refractivity contribution is -0.120. The van der Waals surface area contributed by atoms with Crippen molar-refractivity contribution < 1.29 is 9.53 Å². The maximum absolute atomic E-state index is 11.4. The smallest absolute Gasteiger partial charge is 0.234 e. The van der Waals surface area contributed by atoms with Crippen molar-refractivity contribution in [3.63, 3.8) is 0 Å². The largest absolute Gasteiger partial charge is 0.380 e. The molecule has 0 spiro atoms. The van der Waals surface area contributed by atoms with E-state index in [1.54, 1.807) is 0 Å². The van der Waals surface area contributed by atoms with Gasteiger partial charge < -0.3 is 15.4 Å². The lowest BCUT2D eigenvalue weighted by Crippen LogP contribution is -2.52. The van der Waals surface area contributed by atoms with E-state index in [1.807, 2.05) is 6.07 Å². The second kappa shape index (κ2) is 6.46. The SMILES string of the molecule is CC1(NCC(=O)NCCC#N)CCCOC1. The first-order valence-electron chi connectivity index (χ1n) is 5.63. The van der Waals surface area contributed by atoms with Crippen molar-refractivity contribution in [3.05, 3.63) is 0 Å². The van der Waals surface area contributed by atoms with Crippen molar-refractivity contribution in [1.29, 1.82) is 5.26 Å². The molecule has 1 aliphatic rings. The standard InChI is InChI=1S/C11H19N3O2/c1-11(4-2-7-16-9-11)14-8-10(15)13-6-3-5-12/h14H,2-4,6-9H2,1H3,(H,13,15). The zero-order valence-corrected chi connectivity index (χ0v) is 9.71. The first-order chi connectivity index (χ1) is 7.66. The van der Waals surface area contributed by atoms with Crippen LogP contribution < -0.4 is 10.6 Å². The lowest BCUT2D eigenvalue weighted by atomic mass is 9.95. The van der Waals surface area contributed by atoms with E-state index in [1.165, 1.54) is 0 Å². The molecule has 1 rings (SSSR count). The average Bonchev–Trinajstić information content (AvgIpc) is 2.28. The third kappa shape index (κ3) is 4.60. The topological polar surface area (TPSA) is 74.2 Å². The maximum Gasteiger partial charge on any atom is 0.234 e. The summed E-state index contributed by atoms with van der Waals surface area (Å²) < 4.78 is 5.38. The molecular formula is C11H19N3O2. The van der Waals surface area contributed by atoms with Crippen LogP contribution in [0.1, 0.15) is 26.2 Å². The lowest BCUT2D eigenvalue weighted by Gasteiger charge is -2.34. The Kier molecular flexibility index (Phi) is 5.23. The van der Waals surface area contributed by atoms with E-state index in [9.17, 15) is 4.79 Å². The van der Waals surface area contributed by atoms with Crippen LogP contribution in [0.25, 0.3) is 0 Å². The molecule has 0 aromatic rings. The van der Waals surface area contributed by atoms with Gasteiger partial charge in [-0.2, -0.15) is 5.26 Å². The van der Waals surface area contributed by atoms with E-state index < -0.39 is 0 Å². The number of carbonyl (C=O) groups is 1. The Morgan fingerprint density at radius 2 is 2.44 bits per heavy atom. The number of nitrogens with one attached hydrogen (secondary N) is 2. The van der Waals surface area contributed by atoms with Gasteiger partial charge in [-0.1, -0.05) is 0 Å². The van der Waals surface area contributed by atoms with Crippen LogP contribution in [0.4, 0.5) is 0 Å². The van der Waals surface area contributed by atoms with Crippen molar-refractivity contribution in [1.82, 2.24) is 10.6 Å². The molecule has 0 aliphatic carbocycles. The van der Waals surface area contributed by atoms with Gasteiger partial charge in [0.1, 0.15) is 0 Å². The van der Waals surface area contributed by atoms with E-state index in [0.717, 1.165) is 19.4 Å². The molecule has 0 bridgehead atoms. The predicted octanol–water partition coefficient (Wildman–Crippen LogP) is 0.175. The molecule has 1 atom stereocenters. The zero-order valence-electron chi connectivity index (χ0n) is 9.71. The monoisotopic (exact) mass is 225 g/mol. The fourth-order valence-electron chi connectivity index (χ4n) is 1.69. The average molecular weight is 225 g/mol. The summed E-state index contributed by atoms with van der Waals surface area (Å²) in [7, 11) is 0. The Hall–Kier alpha value is -1.12. The highest BCUT2D eigenvalue weighted by Crippen LogP contribution is 2.17. The number of nitrogens with zero attached hydrogens (tertiary/aromatic N) is 1. The van der Waals surface area contributed by atoms with Gasteiger partial charge in [0.15, 0.2) is 0 Å². The Labute approximate surface area is 96.2 Å². The number of carbonyl (C=O) groups excluding carboxylic acids is 1. The summed E-state index contributed by atoms with van der Waals surface area (Å²) in [5.74, 6) is -0.0675. The molecule has 2 N–H and O–H groups in total. The van der Waals surface area contributed by atoms with Crippen LogP contribution in [0.3, 0.4) is 0 Å². The Bertz CT molecular complexity index is 267. The molecule has 0 aromatic heterocycles. The van der Waals surface area contributed by atoms with Crippen LogP contribution in [0.15, 0.2) is 0 Å². The fourth-order valence-corrected chi connectivity index (χ4v) is 1.69. The van der Waals surface area contributed by atoms with Crippen molar-refractivity contribution in [2.24, 2.45) is 0 Å². The van der Waals surface area contributed by atoms with E-state index in [-0.39, 0.29) is 18.0 Å². The number of amides is 1. The highest BCUT2D eigenvalue weighted by atomic mass is 16.5. The van der Waals surface area contributed by atoms with Crippen LogP contribution in [0.5, 0.6) is 0 Å². The molecule has 1 fully saturated rings. The zero-order chi connectivity index (χ0) is 11.9. The minimum atomic E-state index is -0.0924. The fraction of sp³-hybridized carbons (Fsp3) is 0.818. The summed E-state index contributed by atoms with van der Waals surface area (Å²) in [5.41, 5.74) is -0.0924. The van der Waals surface area contributed by atoms with Crippen LogP contribution >= 0.6 is 0 Å².